The first-order chi connectivity index (χ1) is 17.0. The zero-order valence-electron chi connectivity index (χ0n) is 20.0. The van der Waals surface area contributed by atoms with E-state index in [-0.39, 0.29) is 18.1 Å². The maximum absolute atomic E-state index is 13.3. The number of halogens is 3. The van der Waals surface area contributed by atoms with Gasteiger partial charge in [-0.05, 0) is 79.3 Å². The molecule has 0 amide bonds. The number of benzene rings is 2. The first-order valence-corrected chi connectivity index (χ1v) is 13.8. The largest absolute Gasteiger partial charge is 0.493 e. The summed E-state index contributed by atoms with van der Waals surface area (Å²) in [4.78, 5) is 1.94. The van der Waals surface area contributed by atoms with Gasteiger partial charge < -0.3 is 9.64 Å². The maximum Gasteiger partial charge on any atom is 0.417 e. The molecule has 2 aliphatic rings. The summed E-state index contributed by atoms with van der Waals surface area (Å²) >= 11 is 0. The van der Waals surface area contributed by atoms with E-state index in [1.54, 1.807) is 12.1 Å². The van der Waals surface area contributed by atoms with Crippen LogP contribution in [0.4, 0.5) is 18.9 Å². The SMILES string of the molecule is CS(=O)(=O)OC[C@H]1C[C@H](COc2ccc(C3CCN(c4ccc(C#N)c(C(F)(F)F)c4)CC3)cc2)C1. The Hall–Kier alpha value is -2.77. The van der Waals surface area contributed by atoms with Crippen molar-refractivity contribution in [3.05, 3.63) is 59.2 Å². The van der Waals surface area contributed by atoms with Gasteiger partial charge in [0, 0.05) is 18.8 Å². The average Bonchev–Trinajstić information content (AvgIpc) is 2.81. The van der Waals surface area contributed by atoms with Crippen molar-refractivity contribution >= 4 is 15.8 Å². The van der Waals surface area contributed by atoms with Crippen molar-refractivity contribution in [3.63, 3.8) is 0 Å². The number of hydrogen-bond acceptors (Lipinski definition) is 6. The highest BCUT2D eigenvalue weighted by Crippen LogP contribution is 2.37. The van der Waals surface area contributed by atoms with Gasteiger partial charge in [-0.15, -0.1) is 0 Å². The molecule has 0 radical (unpaired) electrons. The molecule has 1 heterocycles. The second-order valence-electron chi connectivity index (χ2n) is 9.67. The number of anilines is 1. The van der Waals surface area contributed by atoms with Crippen LogP contribution in [0.1, 0.15) is 48.3 Å². The summed E-state index contributed by atoms with van der Waals surface area (Å²) in [5.41, 5.74) is 0.422. The minimum Gasteiger partial charge on any atom is -0.493 e. The molecule has 0 spiro atoms. The quantitative estimate of drug-likeness (QED) is 0.436. The van der Waals surface area contributed by atoms with Gasteiger partial charge in [0.2, 0.25) is 0 Å². The molecule has 2 aromatic carbocycles. The second-order valence-corrected chi connectivity index (χ2v) is 11.3. The third-order valence-corrected chi connectivity index (χ3v) is 7.54. The molecule has 0 N–H and O–H groups in total. The summed E-state index contributed by atoms with van der Waals surface area (Å²) in [5, 5.41) is 9.00. The smallest absolute Gasteiger partial charge is 0.417 e. The lowest BCUT2D eigenvalue weighted by Gasteiger charge is -2.35. The topological polar surface area (TPSA) is 79.6 Å². The highest BCUT2D eigenvalue weighted by Gasteiger charge is 2.35. The average molecular weight is 523 g/mol. The van der Waals surface area contributed by atoms with E-state index in [2.05, 4.69) is 0 Å². The lowest BCUT2D eigenvalue weighted by molar-refractivity contribution is -0.137. The van der Waals surface area contributed by atoms with Gasteiger partial charge in [-0.25, -0.2) is 0 Å². The molecule has 0 aromatic heterocycles. The van der Waals surface area contributed by atoms with Gasteiger partial charge in [-0.2, -0.15) is 26.9 Å². The predicted octanol–water partition coefficient (Wildman–Crippen LogP) is 5.34. The summed E-state index contributed by atoms with van der Waals surface area (Å²) < 4.78 is 72.8. The van der Waals surface area contributed by atoms with Crippen LogP contribution in [0.2, 0.25) is 0 Å². The normalized spacial score (nSPS) is 21.0. The van der Waals surface area contributed by atoms with Crippen LogP contribution in [0.3, 0.4) is 0 Å². The lowest BCUT2D eigenvalue weighted by Crippen LogP contribution is -2.33. The van der Waals surface area contributed by atoms with Crippen LogP contribution in [-0.2, 0) is 20.5 Å². The van der Waals surface area contributed by atoms with Crippen LogP contribution in [0.15, 0.2) is 42.5 Å². The van der Waals surface area contributed by atoms with Gasteiger partial charge in [0.25, 0.3) is 10.1 Å². The Morgan fingerprint density at radius 2 is 1.67 bits per heavy atom. The van der Waals surface area contributed by atoms with Crippen molar-refractivity contribution in [2.45, 2.75) is 37.8 Å². The molecular weight excluding hydrogens is 493 g/mol. The Kier molecular flexibility index (Phi) is 7.81. The third kappa shape index (κ3) is 6.71. The number of hydrogen-bond donors (Lipinski definition) is 0. The highest BCUT2D eigenvalue weighted by molar-refractivity contribution is 7.85. The fourth-order valence-electron chi connectivity index (χ4n) is 4.95. The number of alkyl halides is 3. The number of rotatable bonds is 8. The summed E-state index contributed by atoms with van der Waals surface area (Å²) in [7, 11) is -3.39. The number of piperidine rings is 1. The zero-order chi connectivity index (χ0) is 25.9. The van der Waals surface area contributed by atoms with E-state index in [9.17, 15) is 21.6 Å². The van der Waals surface area contributed by atoms with Crippen LogP contribution in [0, 0.1) is 23.2 Å². The van der Waals surface area contributed by atoms with Crippen LogP contribution >= 0.6 is 0 Å². The zero-order valence-corrected chi connectivity index (χ0v) is 20.8. The molecule has 1 saturated carbocycles. The van der Waals surface area contributed by atoms with Crippen molar-refractivity contribution in [2.75, 3.05) is 37.5 Å². The van der Waals surface area contributed by atoms with Gasteiger partial charge in [0.05, 0.1) is 36.7 Å². The number of nitriles is 1. The molecule has 0 bridgehead atoms. The van der Waals surface area contributed by atoms with Gasteiger partial charge in [0.15, 0.2) is 0 Å². The van der Waals surface area contributed by atoms with E-state index in [1.165, 1.54) is 11.6 Å². The predicted molar refractivity (Wildman–Crippen MR) is 129 cm³/mol. The van der Waals surface area contributed by atoms with Gasteiger partial charge in [-0.1, -0.05) is 12.1 Å². The summed E-state index contributed by atoms with van der Waals surface area (Å²) in [6, 6.07) is 13.5. The Morgan fingerprint density at radius 3 is 2.25 bits per heavy atom. The number of ether oxygens (including phenoxy) is 1. The molecule has 0 unspecified atom stereocenters. The van der Waals surface area contributed by atoms with Crippen molar-refractivity contribution in [2.24, 2.45) is 11.8 Å². The lowest BCUT2D eigenvalue weighted by atomic mass is 9.76. The standard InChI is InChI=1S/C26H29F3N2O4S/c1-36(32,33)35-17-19-12-18(13-19)16-34-24-6-3-20(4-7-24)21-8-10-31(11-9-21)23-5-2-22(15-30)25(14-23)26(27,28)29/h2-7,14,18-19,21H,8-13,16-17H2,1H3/t18-,19-. The first-order valence-electron chi connectivity index (χ1n) is 12.0. The fourth-order valence-corrected chi connectivity index (χ4v) is 5.39. The minimum atomic E-state index is -4.56. The highest BCUT2D eigenvalue weighted by atomic mass is 32.2. The Bertz CT molecular complexity index is 1200. The van der Waals surface area contributed by atoms with Crippen molar-refractivity contribution in [1.29, 1.82) is 5.26 Å². The summed E-state index contributed by atoms with van der Waals surface area (Å²) in [6.07, 6.45) is -0.0925. The molecule has 1 saturated heterocycles. The molecule has 2 fully saturated rings. The van der Waals surface area contributed by atoms with Gasteiger partial charge >= 0.3 is 6.18 Å². The Labute approximate surface area is 209 Å². The molecule has 10 heteroatoms. The van der Waals surface area contributed by atoms with Crippen LogP contribution in [0.5, 0.6) is 5.75 Å². The van der Waals surface area contributed by atoms with Crippen LogP contribution in [-0.4, -0.2) is 41.0 Å². The molecule has 2 aromatic rings. The van der Waals surface area contributed by atoms with Crippen LogP contribution < -0.4 is 9.64 Å². The molecular formula is C26H29F3N2O4S. The summed E-state index contributed by atoms with van der Waals surface area (Å²) in [6.45, 7) is 2.09. The maximum atomic E-state index is 13.3. The van der Waals surface area contributed by atoms with E-state index in [4.69, 9.17) is 14.2 Å². The van der Waals surface area contributed by atoms with Crippen molar-refractivity contribution in [1.82, 2.24) is 0 Å². The van der Waals surface area contributed by atoms with E-state index in [1.807, 2.05) is 29.2 Å². The molecule has 36 heavy (non-hydrogen) atoms. The molecule has 4 rings (SSSR count). The molecule has 1 aliphatic carbocycles. The van der Waals surface area contributed by atoms with E-state index in [0.717, 1.165) is 43.8 Å². The molecule has 0 atom stereocenters. The first kappa shape index (κ1) is 26.3. The van der Waals surface area contributed by atoms with E-state index >= 15 is 0 Å². The van der Waals surface area contributed by atoms with Crippen molar-refractivity contribution < 1.29 is 30.5 Å². The number of nitrogens with zero attached hydrogens (tertiary/aromatic N) is 2. The fraction of sp³-hybridized carbons (Fsp3) is 0.500. The van der Waals surface area contributed by atoms with E-state index < -0.39 is 21.9 Å². The summed E-state index contributed by atoms with van der Waals surface area (Å²) in [5.74, 6) is 1.75. The Morgan fingerprint density at radius 1 is 1.03 bits per heavy atom. The molecule has 1 aliphatic heterocycles. The minimum absolute atomic E-state index is 0.234. The second kappa shape index (κ2) is 10.7. The van der Waals surface area contributed by atoms with Gasteiger partial charge in [0.1, 0.15) is 5.75 Å². The molecule has 6 nitrogen and oxygen atoms in total. The monoisotopic (exact) mass is 522 g/mol. The van der Waals surface area contributed by atoms with E-state index in [0.29, 0.717) is 37.2 Å². The third-order valence-electron chi connectivity index (χ3n) is 6.98. The van der Waals surface area contributed by atoms with Crippen LogP contribution in [0.25, 0.3) is 0 Å². The molecule has 194 valence electrons. The van der Waals surface area contributed by atoms with Crippen molar-refractivity contribution in [3.8, 4) is 11.8 Å². The Balaban J connectivity index is 1.24. The van der Waals surface area contributed by atoms with Gasteiger partial charge in [-0.3, -0.25) is 4.18 Å².